The van der Waals surface area contributed by atoms with E-state index in [2.05, 4.69) is 16.5 Å². The maximum absolute atomic E-state index is 10.7. The summed E-state index contributed by atoms with van der Waals surface area (Å²) in [7, 11) is 0. The SMILES string of the molecule is C=CC(N)c1nccc(C(=O)Cl)n1. The first kappa shape index (κ1) is 9.83. The maximum atomic E-state index is 10.7. The Kier molecular flexibility index (Phi) is 3.11. The zero-order valence-corrected chi connectivity index (χ0v) is 7.53. The second-order valence-corrected chi connectivity index (χ2v) is 2.68. The molecule has 0 fully saturated rings. The van der Waals surface area contributed by atoms with Gasteiger partial charge in [0.25, 0.3) is 5.24 Å². The van der Waals surface area contributed by atoms with Crippen molar-refractivity contribution in [1.29, 1.82) is 0 Å². The lowest BCUT2D eigenvalue weighted by Crippen LogP contribution is -2.12. The second-order valence-electron chi connectivity index (χ2n) is 2.34. The molecule has 1 heterocycles. The monoisotopic (exact) mass is 197 g/mol. The molecular weight excluding hydrogens is 190 g/mol. The third kappa shape index (κ3) is 2.34. The number of hydrogen-bond donors (Lipinski definition) is 1. The minimum Gasteiger partial charge on any atom is -0.318 e. The number of carbonyl (C=O) groups excluding carboxylic acids is 1. The molecule has 1 aromatic rings. The summed E-state index contributed by atoms with van der Waals surface area (Å²) in [4.78, 5) is 18.4. The van der Waals surface area contributed by atoms with Gasteiger partial charge >= 0.3 is 0 Å². The van der Waals surface area contributed by atoms with Gasteiger partial charge in [-0.25, -0.2) is 9.97 Å². The van der Waals surface area contributed by atoms with Gasteiger partial charge in [-0.05, 0) is 17.7 Å². The van der Waals surface area contributed by atoms with Crippen LogP contribution in [0.1, 0.15) is 22.4 Å². The molecule has 0 aromatic carbocycles. The van der Waals surface area contributed by atoms with E-state index in [0.717, 1.165) is 0 Å². The molecule has 5 heteroatoms. The van der Waals surface area contributed by atoms with Gasteiger partial charge in [-0.3, -0.25) is 4.79 Å². The lowest BCUT2D eigenvalue weighted by Gasteiger charge is -2.03. The Bertz CT molecular complexity index is 340. The number of rotatable bonds is 3. The van der Waals surface area contributed by atoms with Gasteiger partial charge in [0.2, 0.25) is 0 Å². The van der Waals surface area contributed by atoms with Crippen molar-refractivity contribution in [2.24, 2.45) is 5.73 Å². The topological polar surface area (TPSA) is 68.9 Å². The van der Waals surface area contributed by atoms with Gasteiger partial charge in [0.15, 0.2) is 0 Å². The Labute approximate surface area is 80.4 Å². The summed E-state index contributed by atoms with van der Waals surface area (Å²) in [6, 6.07) is 0.949. The molecule has 13 heavy (non-hydrogen) atoms. The summed E-state index contributed by atoms with van der Waals surface area (Å²) in [5.41, 5.74) is 5.71. The zero-order valence-electron chi connectivity index (χ0n) is 6.77. The highest BCUT2D eigenvalue weighted by atomic mass is 35.5. The predicted molar refractivity (Wildman–Crippen MR) is 49.3 cm³/mol. The largest absolute Gasteiger partial charge is 0.318 e. The van der Waals surface area contributed by atoms with E-state index in [0.29, 0.717) is 5.82 Å². The van der Waals surface area contributed by atoms with Crippen LogP contribution < -0.4 is 5.73 Å². The fourth-order valence-corrected chi connectivity index (χ4v) is 0.855. The first-order valence-corrected chi connectivity index (χ1v) is 3.94. The number of aromatic nitrogens is 2. The first-order valence-electron chi connectivity index (χ1n) is 3.56. The number of nitrogens with zero attached hydrogens (tertiary/aromatic N) is 2. The smallest absolute Gasteiger partial charge is 0.270 e. The van der Waals surface area contributed by atoms with Crippen molar-refractivity contribution in [2.75, 3.05) is 0 Å². The summed E-state index contributed by atoms with van der Waals surface area (Å²) in [5.74, 6) is 0.335. The lowest BCUT2D eigenvalue weighted by atomic mass is 10.3. The van der Waals surface area contributed by atoms with E-state index in [-0.39, 0.29) is 5.69 Å². The van der Waals surface area contributed by atoms with E-state index in [4.69, 9.17) is 17.3 Å². The van der Waals surface area contributed by atoms with Gasteiger partial charge in [0, 0.05) is 6.20 Å². The van der Waals surface area contributed by atoms with E-state index in [1.807, 2.05) is 0 Å². The van der Waals surface area contributed by atoms with Crippen LogP contribution in [0.3, 0.4) is 0 Å². The third-order valence-electron chi connectivity index (χ3n) is 1.43. The number of hydrogen-bond acceptors (Lipinski definition) is 4. The van der Waals surface area contributed by atoms with Crippen LogP contribution in [0, 0.1) is 0 Å². The molecule has 0 amide bonds. The van der Waals surface area contributed by atoms with E-state index < -0.39 is 11.3 Å². The Morgan fingerprint density at radius 3 is 3.00 bits per heavy atom. The molecule has 1 atom stereocenters. The van der Waals surface area contributed by atoms with Gasteiger partial charge in [-0.1, -0.05) is 6.08 Å². The van der Waals surface area contributed by atoms with Crippen LogP contribution in [-0.2, 0) is 0 Å². The minimum absolute atomic E-state index is 0.143. The molecule has 4 nitrogen and oxygen atoms in total. The van der Waals surface area contributed by atoms with Crippen LogP contribution in [0.15, 0.2) is 24.9 Å². The summed E-state index contributed by atoms with van der Waals surface area (Å²) in [6.45, 7) is 3.49. The molecule has 0 bridgehead atoms. The fourth-order valence-electron chi connectivity index (χ4n) is 0.749. The molecule has 0 saturated carbocycles. The quantitative estimate of drug-likeness (QED) is 0.581. The average molecular weight is 198 g/mol. The van der Waals surface area contributed by atoms with E-state index in [1.54, 1.807) is 0 Å². The van der Waals surface area contributed by atoms with Crippen LogP contribution in [0.2, 0.25) is 0 Å². The molecule has 1 rings (SSSR count). The molecule has 0 aliphatic carbocycles. The van der Waals surface area contributed by atoms with Gasteiger partial charge < -0.3 is 5.73 Å². The van der Waals surface area contributed by atoms with Crippen LogP contribution in [0.25, 0.3) is 0 Å². The standard InChI is InChI=1S/C8H8ClN3O/c1-2-5(10)8-11-4-3-6(12-8)7(9)13/h2-5H,1,10H2. The van der Waals surface area contributed by atoms with Crippen molar-refractivity contribution in [3.8, 4) is 0 Å². The fraction of sp³-hybridized carbons (Fsp3) is 0.125. The maximum Gasteiger partial charge on any atom is 0.270 e. The Morgan fingerprint density at radius 1 is 1.77 bits per heavy atom. The Balaban J connectivity index is 3.04. The summed E-state index contributed by atoms with van der Waals surface area (Å²) < 4.78 is 0. The lowest BCUT2D eigenvalue weighted by molar-refractivity contribution is 0.107. The highest BCUT2D eigenvalue weighted by molar-refractivity contribution is 6.67. The Hall–Kier alpha value is -1.26. The second kappa shape index (κ2) is 4.11. The molecule has 0 radical (unpaired) electrons. The highest BCUT2D eigenvalue weighted by Gasteiger charge is 2.08. The van der Waals surface area contributed by atoms with Gasteiger partial charge in [0.1, 0.15) is 11.5 Å². The normalized spacial score (nSPS) is 12.2. The van der Waals surface area contributed by atoms with Crippen molar-refractivity contribution in [1.82, 2.24) is 9.97 Å². The predicted octanol–water partition coefficient (Wildman–Crippen LogP) is 1.04. The van der Waals surface area contributed by atoms with Gasteiger partial charge in [-0.15, -0.1) is 6.58 Å². The number of nitrogens with two attached hydrogens (primary N) is 1. The van der Waals surface area contributed by atoms with Crippen LogP contribution in [0.5, 0.6) is 0 Å². The Morgan fingerprint density at radius 2 is 2.46 bits per heavy atom. The van der Waals surface area contributed by atoms with E-state index >= 15 is 0 Å². The minimum atomic E-state index is -0.625. The van der Waals surface area contributed by atoms with Gasteiger partial charge in [-0.2, -0.15) is 0 Å². The van der Waals surface area contributed by atoms with Crippen LogP contribution in [0.4, 0.5) is 0 Å². The average Bonchev–Trinajstić information content (AvgIpc) is 2.17. The number of carbonyl (C=O) groups is 1. The molecule has 0 saturated heterocycles. The summed E-state index contributed by atoms with van der Waals surface area (Å²) >= 11 is 5.23. The molecule has 0 spiro atoms. The molecule has 0 aliphatic heterocycles. The first-order chi connectivity index (χ1) is 6.15. The molecule has 68 valence electrons. The molecule has 0 aliphatic rings. The molecule has 2 N–H and O–H groups in total. The van der Waals surface area contributed by atoms with Crippen molar-refractivity contribution in [2.45, 2.75) is 6.04 Å². The zero-order chi connectivity index (χ0) is 9.84. The van der Waals surface area contributed by atoms with Crippen molar-refractivity contribution >= 4 is 16.8 Å². The summed E-state index contributed by atoms with van der Waals surface area (Å²) in [5, 5.41) is -0.625. The molecule has 1 aromatic heterocycles. The van der Waals surface area contributed by atoms with Crippen LogP contribution >= 0.6 is 11.6 Å². The summed E-state index contributed by atoms with van der Waals surface area (Å²) in [6.07, 6.45) is 2.92. The molecule has 1 unspecified atom stereocenters. The van der Waals surface area contributed by atoms with Crippen LogP contribution in [-0.4, -0.2) is 15.2 Å². The van der Waals surface area contributed by atoms with Crippen molar-refractivity contribution in [3.63, 3.8) is 0 Å². The highest BCUT2D eigenvalue weighted by Crippen LogP contribution is 2.06. The van der Waals surface area contributed by atoms with Gasteiger partial charge in [0.05, 0.1) is 6.04 Å². The molecular formula is C8H8ClN3O. The van der Waals surface area contributed by atoms with Crippen molar-refractivity contribution < 1.29 is 4.79 Å². The third-order valence-corrected chi connectivity index (χ3v) is 1.62. The van der Waals surface area contributed by atoms with E-state index in [9.17, 15) is 4.79 Å². The van der Waals surface area contributed by atoms with E-state index in [1.165, 1.54) is 18.3 Å². The number of halogens is 1. The van der Waals surface area contributed by atoms with Crippen molar-refractivity contribution in [3.05, 3.63) is 36.4 Å².